The molecule has 11 heteroatoms. The Bertz CT molecular complexity index is 1170. The highest BCUT2D eigenvalue weighted by Gasteiger charge is 2.25. The van der Waals surface area contributed by atoms with Crippen molar-refractivity contribution in [2.75, 3.05) is 83.9 Å². The number of hydrogen-bond acceptors (Lipinski definition) is 8. The van der Waals surface area contributed by atoms with Crippen LogP contribution in [-0.4, -0.2) is 101 Å². The predicted molar refractivity (Wildman–Crippen MR) is 144 cm³/mol. The molecule has 0 aromatic heterocycles. The van der Waals surface area contributed by atoms with Crippen molar-refractivity contribution in [3.05, 3.63) is 47.5 Å². The number of carbonyl (C=O) groups excluding carboxylic acids is 3. The van der Waals surface area contributed by atoms with Crippen LogP contribution in [0, 0.1) is 0 Å². The van der Waals surface area contributed by atoms with Crippen LogP contribution in [0.4, 0.5) is 16.2 Å². The summed E-state index contributed by atoms with van der Waals surface area (Å²) in [6.07, 6.45) is 0.121. The van der Waals surface area contributed by atoms with Gasteiger partial charge in [-0.3, -0.25) is 14.9 Å². The number of amides is 3. The summed E-state index contributed by atoms with van der Waals surface area (Å²) in [7, 11) is 4.40. The van der Waals surface area contributed by atoms with E-state index < -0.39 is 6.09 Å². The molecule has 2 heterocycles. The van der Waals surface area contributed by atoms with Crippen LogP contribution in [0.1, 0.15) is 27.1 Å². The summed E-state index contributed by atoms with van der Waals surface area (Å²) >= 11 is 0. The van der Waals surface area contributed by atoms with E-state index in [9.17, 15) is 14.4 Å². The Morgan fingerprint density at radius 2 is 1.42 bits per heavy atom. The lowest BCUT2D eigenvalue weighted by Crippen LogP contribution is -2.46. The van der Waals surface area contributed by atoms with Gasteiger partial charge in [0.1, 0.15) is 0 Å². The summed E-state index contributed by atoms with van der Waals surface area (Å²) in [5.74, 6) is 0.908. The smallest absolute Gasteiger partial charge is 0.411 e. The maximum Gasteiger partial charge on any atom is 0.411 e. The number of nitrogens with zero attached hydrogens (tertiary/aromatic N) is 3. The molecule has 204 valence electrons. The number of ether oxygens (including phenoxy) is 3. The fourth-order valence-electron chi connectivity index (χ4n) is 4.77. The zero-order chi connectivity index (χ0) is 27.1. The second-order valence-corrected chi connectivity index (χ2v) is 9.09. The van der Waals surface area contributed by atoms with Crippen LogP contribution in [-0.2, 0) is 4.74 Å². The Morgan fingerprint density at radius 1 is 0.763 bits per heavy atom. The van der Waals surface area contributed by atoms with Crippen LogP contribution < -0.4 is 25.0 Å². The van der Waals surface area contributed by atoms with E-state index in [4.69, 9.17) is 14.2 Å². The van der Waals surface area contributed by atoms with Gasteiger partial charge in [0.05, 0.1) is 32.7 Å². The second-order valence-electron chi connectivity index (χ2n) is 9.09. The largest absolute Gasteiger partial charge is 0.493 e. The number of benzene rings is 2. The molecule has 0 atom stereocenters. The highest BCUT2D eigenvalue weighted by atomic mass is 16.5. The SMILES string of the molecule is COC(=O)Nc1cc(C(=O)N2CCNCC2)ccc1N1CCCN(C(=O)c2ccc(OC)c(OC)c2)CC1. The van der Waals surface area contributed by atoms with Crippen LogP contribution in [0.25, 0.3) is 0 Å². The van der Waals surface area contributed by atoms with Crippen molar-refractivity contribution in [3.63, 3.8) is 0 Å². The Labute approximate surface area is 222 Å². The fraction of sp³-hybridized carbons (Fsp3) is 0.444. The Kier molecular flexibility index (Phi) is 8.90. The molecule has 2 saturated heterocycles. The van der Waals surface area contributed by atoms with Crippen LogP contribution in [0.3, 0.4) is 0 Å². The van der Waals surface area contributed by atoms with E-state index in [1.165, 1.54) is 7.11 Å². The monoisotopic (exact) mass is 525 g/mol. The molecule has 2 aliphatic heterocycles. The van der Waals surface area contributed by atoms with Gasteiger partial charge in [0.15, 0.2) is 11.5 Å². The van der Waals surface area contributed by atoms with Crippen molar-refractivity contribution in [2.45, 2.75) is 6.42 Å². The average Bonchev–Trinajstić information content (AvgIpc) is 3.22. The van der Waals surface area contributed by atoms with Gasteiger partial charge in [-0.1, -0.05) is 0 Å². The molecule has 0 unspecified atom stereocenters. The van der Waals surface area contributed by atoms with E-state index >= 15 is 0 Å². The summed E-state index contributed by atoms with van der Waals surface area (Å²) in [6.45, 7) is 5.09. The third-order valence-corrected chi connectivity index (χ3v) is 6.82. The summed E-state index contributed by atoms with van der Waals surface area (Å²) < 4.78 is 15.5. The highest BCUT2D eigenvalue weighted by molar-refractivity contribution is 5.99. The molecular weight excluding hydrogens is 490 g/mol. The van der Waals surface area contributed by atoms with E-state index in [0.29, 0.717) is 67.6 Å². The Hall–Kier alpha value is -3.99. The Morgan fingerprint density at radius 3 is 2.11 bits per heavy atom. The van der Waals surface area contributed by atoms with Gasteiger partial charge in [0.25, 0.3) is 11.8 Å². The van der Waals surface area contributed by atoms with Gasteiger partial charge < -0.3 is 34.2 Å². The Balaban J connectivity index is 1.52. The minimum absolute atomic E-state index is 0.0754. The van der Waals surface area contributed by atoms with E-state index in [2.05, 4.69) is 15.5 Å². The van der Waals surface area contributed by atoms with E-state index in [1.807, 2.05) is 11.0 Å². The number of anilines is 2. The number of carbonyl (C=O) groups is 3. The third-order valence-electron chi connectivity index (χ3n) is 6.82. The molecule has 11 nitrogen and oxygen atoms in total. The van der Waals surface area contributed by atoms with Crippen molar-refractivity contribution >= 4 is 29.3 Å². The molecule has 2 aromatic carbocycles. The standard InChI is InChI=1S/C27H35N5O6/c1-36-23-8-6-20(18-24(23)37-2)26(34)31-12-4-11-30(15-16-31)22-7-5-19(17-21(22)29-27(35)38-3)25(33)32-13-9-28-10-14-32/h5-8,17-18,28H,4,9-16H2,1-3H3,(H,29,35). The van der Waals surface area contributed by atoms with Gasteiger partial charge in [0, 0.05) is 63.5 Å². The molecule has 38 heavy (non-hydrogen) atoms. The summed E-state index contributed by atoms with van der Waals surface area (Å²) in [4.78, 5) is 44.2. The summed E-state index contributed by atoms with van der Waals surface area (Å²) in [5.41, 5.74) is 2.30. The maximum absolute atomic E-state index is 13.3. The highest BCUT2D eigenvalue weighted by Crippen LogP contribution is 2.31. The van der Waals surface area contributed by atoms with Gasteiger partial charge in [-0.15, -0.1) is 0 Å². The van der Waals surface area contributed by atoms with E-state index in [1.54, 1.807) is 49.5 Å². The lowest BCUT2D eigenvalue weighted by Gasteiger charge is -2.29. The van der Waals surface area contributed by atoms with Crippen molar-refractivity contribution in [1.82, 2.24) is 15.1 Å². The van der Waals surface area contributed by atoms with Gasteiger partial charge >= 0.3 is 6.09 Å². The molecule has 2 N–H and O–H groups in total. The van der Waals surface area contributed by atoms with Crippen LogP contribution >= 0.6 is 0 Å². The van der Waals surface area contributed by atoms with Crippen LogP contribution in [0.15, 0.2) is 36.4 Å². The summed E-state index contributed by atoms with van der Waals surface area (Å²) in [6, 6.07) is 10.5. The van der Waals surface area contributed by atoms with E-state index in [0.717, 1.165) is 25.2 Å². The van der Waals surface area contributed by atoms with Gasteiger partial charge in [0.2, 0.25) is 0 Å². The zero-order valence-corrected chi connectivity index (χ0v) is 22.1. The molecule has 0 aliphatic carbocycles. The minimum atomic E-state index is -0.613. The molecule has 2 aliphatic rings. The molecule has 0 spiro atoms. The fourth-order valence-corrected chi connectivity index (χ4v) is 4.77. The topological polar surface area (TPSA) is 113 Å². The maximum atomic E-state index is 13.3. The molecule has 0 radical (unpaired) electrons. The quantitative estimate of drug-likeness (QED) is 0.591. The average molecular weight is 526 g/mol. The van der Waals surface area contributed by atoms with Crippen molar-refractivity contribution in [1.29, 1.82) is 0 Å². The lowest BCUT2D eigenvalue weighted by molar-refractivity contribution is 0.0734. The first-order valence-electron chi connectivity index (χ1n) is 12.7. The van der Waals surface area contributed by atoms with Gasteiger partial charge in [-0.25, -0.2) is 4.79 Å². The summed E-state index contributed by atoms with van der Waals surface area (Å²) in [5, 5.41) is 6.01. The zero-order valence-electron chi connectivity index (χ0n) is 22.1. The molecule has 4 rings (SSSR count). The number of piperazine rings is 1. The molecule has 2 fully saturated rings. The first kappa shape index (κ1) is 27.1. The first-order chi connectivity index (χ1) is 18.4. The number of hydrogen-bond donors (Lipinski definition) is 2. The molecule has 3 amide bonds. The van der Waals surface area contributed by atoms with Crippen molar-refractivity contribution in [2.24, 2.45) is 0 Å². The van der Waals surface area contributed by atoms with Crippen LogP contribution in [0.2, 0.25) is 0 Å². The number of nitrogens with one attached hydrogen (secondary N) is 2. The first-order valence-corrected chi connectivity index (χ1v) is 12.7. The predicted octanol–water partition coefficient (Wildman–Crippen LogP) is 2.28. The minimum Gasteiger partial charge on any atom is -0.493 e. The van der Waals surface area contributed by atoms with Gasteiger partial charge in [-0.05, 0) is 42.8 Å². The number of rotatable bonds is 6. The van der Waals surface area contributed by atoms with Crippen LogP contribution in [0.5, 0.6) is 11.5 Å². The molecule has 0 saturated carbocycles. The van der Waals surface area contributed by atoms with Crippen molar-refractivity contribution < 1.29 is 28.6 Å². The third kappa shape index (κ3) is 6.10. The molecule has 0 bridgehead atoms. The molecule has 2 aromatic rings. The molecular formula is C27H35N5O6. The lowest BCUT2D eigenvalue weighted by atomic mass is 10.1. The number of methoxy groups -OCH3 is 3. The van der Waals surface area contributed by atoms with Crippen molar-refractivity contribution in [3.8, 4) is 11.5 Å². The normalized spacial score (nSPS) is 15.9. The second kappa shape index (κ2) is 12.5. The van der Waals surface area contributed by atoms with E-state index in [-0.39, 0.29) is 11.8 Å². The van der Waals surface area contributed by atoms with Gasteiger partial charge in [-0.2, -0.15) is 0 Å².